The molecule has 1 aliphatic heterocycles. The SMILES string of the molecule is Cc1c(C(=O)N2C[C@H]3C[C@H](O)[C@@H](O)C[C@H]3C2)c2cc(O)ccc2n1C. The van der Waals surface area contributed by atoms with Crippen LogP contribution >= 0.6 is 0 Å². The lowest BCUT2D eigenvalue weighted by atomic mass is 9.79. The highest BCUT2D eigenvalue weighted by molar-refractivity contribution is 6.08. The predicted molar refractivity (Wildman–Crippen MR) is 93.5 cm³/mol. The van der Waals surface area contributed by atoms with E-state index in [1.165, 1.54) is 0 Å². The summed E-state index contributed by atoms with van der Waals surface area (Å²) in [7, 11) is 1.92. The topological polar surface area (TPSA) is 85.9 Å². The second-order valence-electron chi connectivity index (χ2n) is 7.56. The fourth-order valence-electron chi connectivity index (χ4n) is 4.56. The molecule has 3 N–H and O–H groups in total. The average molecular weight is 344 g/mol. The Labute approximate surface area is 146 Å². The van der Waals surface area contributed by atoms with E-state index in [1.54, 1.807) is 12.1 Å². The van der Waals surface area contributed by atoms with Crippen molar-refractivity contribution in [1.82, 2.24) is 9.47 Å². The molecule has 0 spiro atoms. The number of rotatable bonds is 1. The minimum atomic E-state index is -0.687. The molecule has 0 unspecified atom stereocenters. The molecule has 134 valence electrons. The number of aromatic hydroxyl groups is 1. The van der Waals surface area contributed by atoms with Crippen LogP contribution in [0.5, 0.6) is 5.75 Å². The van der Waals surface area contributed by atoms with Crippen LogP contribution in [0.2, 0.25) is 0 Å². The Kier molecular flexibility index (Phi) is 3.77. The maximum Gasteiger partial charge on any atom is 0.256 e. The molecule has 1 aromatic carbocycles. The minimum absolute atomic E-state index is 0.0351. The van der Waals surface area contributed by atoms with Gasteiger partial charge in [-0.2, -0.15) is 0 Å². The van der Waals surface area contributed by atoms with Crippen LogP contribution in [0.4, 0.5) is 0 Å². The van der Waals surface area contributed by atoms with Gasteiger partial charge >= 0.3 is 0 Å². The maximum atomic E-state index is 13.2. The number of carbonyl (C=O) groups excluding carboxylic acids is 1. The van der Waals surface area contributed by atoms with Crippen molar-refractivity contribution < 1.29 is 20.1 Å². The van der Waals surface area contributed by atoms with Crippen LogP contribution in [-0.2, 0) is 7.05 Å². The van der Waals surface area contributed by atoms with Crippen molar-refractivity contribution in [1.29, 1.82) is 0 Å². The largest absolute Gasteiger partial charge is 0.508 e. The number of phenols is 1. The van der Waals surface area contributed by atoms with Crippen LogP contribution in [0.25, 0.3) is 10.9 Å². The molecule has 1 saturated carbocycles. The summed E-state index contributed by atoms with van der Waals surface area (Å²) in [6.07, 6.45) is -0.282. The number of aliphatic hydroxyl groups is 2. The summed E-state index contributed by atoms with van der Waals surface area (Å²) in [5.41, 5.74) is 2.43. The maximum absolute atomic E-state index is 13.2. The number of likely N-dealkylation sites (tertiary alicyclic amines) is 1. The number of fused-ring (bicyclic) bond motifs is 2. The van der Waals surface area contributed by atoms with Crippen molar-refractivity contribution in [2.45, 2.75) is 32.0 Å². The number of amides is 1. The van der Waals surface area contributed by atoms with Gasteiger partial charge in [0.25, 0.3) is 5.91 Å². The van der Waals surface area contributed by atoms with E-state index in [9.17, 15) is 20.1 Å². The van der Waals surface area contributed by atoms with Gasteiger partial charge in [-0.05, 0) is 49.8 Å². The minimum Gasteiger partial charge on any atom is -0.508 e. The second-order valence-corrected chi connectivity index (χ2v) is 7.56. The van der Waals surface area contributed by atoms with E-state index in [4.69, 9.17) is 0 Å². The van der Waals surface area contributed by atoms with E-state index in [1.807, 2.05) is 29.5 Å². The third kappa shape index (κ3) is 2.51. The van der Waals surface area contributed by atoms with E-state index >= 15 is 0 Å². The molecular formula is C19H24N2O4. The summed E-state index contributed by atoms with van der Waals surface area (Å²) >= 11 is 0. The molecule has 2 fully saturated rings. The first-order valence-corrected chi connectivity index (χ1v) is 8.80. The molecule has 6 heteroatoms. The van der Waals surface area contributed by atoms with E-state index in [2.05, 4.69) is 0 Å². The van der Waals surface area contributed by atoms with Crippen LogP contribution in [0.3, 0.4) is 0 Å². The molecule has 0 radical (unpaired) electrons. The Morgan fingerprint density at radius 2 is 1.72 bits per heavy atom. The zero-order valence-electron chi connectivity index (χ0n) is 14.5. The van der Waals surface area contributed by atoms with Gasteiger partial charge in [-0.25, -0.2) is 0 Å². The number of carbonyl (C=O) groups is 1. The normalized spacial score (nSPS) is 29.2. The molecule has 1 amide bonds. The van der Waals surface area contributed by atoms with E-state index in [-0.39, 0.29) is 23.5 Å². The molecule has 4 atom stereocenters. The van der Waals surface area contributed by atoms with Crippen LogP contribution < -0.4 is 0 Å². The third-order valence-electron chi connectivity index (χ3n) is 6.09. The lowest BCUT2D eigenvalue weighted by molar-refractivity contribution is -0.0372. The first-order chi connectivity index (χ1) is 11.9. The molecule has 6 nitrogen and oxygen atoms in total. The van der Waals surface area contributed by atoms with Crippen molar-refractivity contribution in [3.05, 3.63) is 29.5 Å². The van der Waals surface area contributed by atoms with Crippen molar-refractivity contribution in [3.63, 3.8) is 0 Å². The van der Waals surface area contributed by atoms with E-state index in [0.29, 0.717) is 31.5 Å². The highest BCUT2D eigenvalue weighted by atomic mass is 16.3. The number of hydrogen-bond acceptors (Lipinski definition) is 4. The Morgan fingerprint density at radius 3 is 2.32 bits per heavy atom. The fourth-order valence-corrected chi connectivity index (χ4v) is 4.56. The number of nitrogens with zero attached hydrogens (tertiary/aromatic N) is 2. The Bertz CT molecular complexity index is 826. The summed E-state index contributed by atoms with van der Waals surface area (Å²) in [6, 6.07) is 5.10. The highest BCUT2D eigenvalue weighted by Crippen LogP contribution is 2.38. The van der Waals surface area contributed by atoms with Gasteiger partial charge in [-0.1, -0.05) is 0 Å². The van der Waals surface area contributed by atoms with Crippen molar-refractivity contribution in [3.8, 4) is 5.75 Å². The number of aryl methyl sites for hydroxylation is 1. The lowest BCUT2D eigenvalue weighted by Gasteiger charge is -2.31. The van der Waals surface area contributed by atoms with Crippen LogP contribution in [-0.4, -0.2) is 56.0 Å². The molecule has 1 saturated heterocycles. The average Bonchev–Trinajstić information content (AvgIpc) is 3.07. The Morgan fingerprint density at radius 1 is 1.12 bits per heavy atom. The first kappa shape index (κ1) is 16.4. The number of aromatic nitrogens is 1. The van der Waals surface area contributed by atoms with Gasteiger partial charge in [0.15, 0.2) is 0 Å². The molecule has 2 aromatic rings. The second kappa shape index (κ2) is 5.75. The summed E-state index contributed by atoms with van der Waals surface area (Å²) in [5.74, 6) is 0.595. The van der Waals surface area contributed by atoms with Gasteiger partial charge < -0.3 is 24.8 Å². The van der Waals surface area contributed by atoms with E-state index in [0.717, 1.165) is 16.6 Å². The molecular weight excluding hydrogens is 320 g/mol. The number of hydrogen-bond donors (Lipinski definition) is 3. The van der Waals surface area contributed by atoms with E-state index < -0.39 is 12.2 Å². The van der Waals surface area contributed by atoms with Crippen LogP contribution in [0.15, 0.2) is 18.2 Å². The Balaban J connectivity index is 1.67. The van der Waals surface area contributed by atoms with Gasteiger partial charge in [0.05, 0.1) is 17.8 Å². The zero-order chi connectivity index (χ0) is 17.9. The fraction of sp³-hybridized carbons (Fsp3) is 0.526. The standard InChI is InChI=1S/C19H24N2O4/c1-10-18(14-7-13(22)3-4-15(14)20(10)2)19(25)21-8-11-5-16(23)17(24)6-12(11)9-21/h3-4,7,11-12,16-17,22-24H,5-6,8-9H2,1-2H3/t11-,12+,16-,17-/m0/s1. The summed E-state index contributed by atoms with van der Waals surface area (Å²) in [6.45, 7) is 3.14. The monoisotopic (exact) mass is 344 g/mol. The van der Waals surface area contributed by atoms with Gasteiger partial charge in [0.1, 0.15) is 5.75 Å². The van der Waals surface area contributed by atoms with Crippen LogP contribution in [0, 0.1) is 18.8 Å². The molecule has 25 heavy (non-hydrogen) atoms. The zero-order valence-corrected chi connectivity index (χ0v) is 14.5. The first-order valence-electron chi connectivity index (χ1n) is 8.80. The summed E-state index contributed by atoms with van der Waals surface area (Å²) in [5, 5.41) is 30.4. The highest BCUT2D eigenvalue weighted by Gasteiger charge is 2.43. The van der Waals surface area contributed by atoms with Gasteiger partial charge in [-0.3, -0.25) is 4.79 Å². The third-order valence-corrected chi connectivity index (χ3v) is 6.09. The van der Waals surface area contributed by atoms with Crippen molar-refractivity contribution >= 4 is 16.8 Å². The summed E-state index contributed by atoms with van der Waals surface area (Å²) in [4.78, 5) is 15.1. The van der Waals surface area contributed by atoms with Crippen molar-refractivity contribution in [2.24, 2.45) is 18.9 Å². The van der Waals surface area contributed by atoms with Gasteiger partial charge in [-0.15, -0.1) is 0 Å². The summed E-state index contributed by atoms with van der Waals surface area (Å²) < 4.78 is 1.97. The van der Waals surface area contributed by atoms with Crippen molar-refractivity contribution in [2.75, 3.05) is 13.1 Å². The van der Waals surface area contributed by atoms with Crippen LogP contribution in [0.1, 0.15) is 28.9 Å². The molecule has 2 aliphatic rings. The molecule has 2 heterocycles. The number of aliphatic hydroxyl groups excluding tert-OH is 2. The quantitative estimate of drug-likeness (QED) is 0.730. The molecule has 1 aromatic heterocycles. The van der Waals surface area contributed by atoms with Gasteiger partial charge in [0.2, 0.25) is 0 Å². The lowest BCUT2D eigenvalue weighted by Crippen LogP contribution is -2.38. The molecule has 0 bridgehead atoms. The van der Waals surface area contributed by atoms with Gasteiger partial charge in [0, 0.05) is 36.7 Å². The number of phenolic OH excluding ortho intramolecular Hbond substituents is 1. The molecule has 1 aliphatic carbocycles. The molecule has 4 rings (SSSR count). The number of benzene rings is 1. The smallest absolute Gasteiger partial charge is 0.256 e. The Hall–Kier alpha value is -2.05. The predicted octanol–water partition coefficient (Wildman–Crippen LogP) is 1.40.